The standard InChI is InChI=1S/C17H13F3N2O4S/c18-11-8-12(19)16(13(20)9-11)27(25,26)22-6-4-10(5-7-22)14-2-1-3-15(21-14)17(23)24/h1-4,8-9H,5-7H2,(H,23,24). The van der Waals surface area contributed by atoms with Crippen LogP contribution < -0.4 is 0 Å². The number of sulfonamides is 1. The lowest BCUT2D eigenvalue weighted by Crippen LogP contribution is -2.35. The van der Waals surface area contributed by atoms with Crippen molar-refractivity contribution in [2.24, 2.45) is 0 Å². The zero-order chi connectivity index (χ0) is 19.8. The van der Waals surface area contributed by atoms with Crippen LogP contribution in [0.1, 0.15) is 22.6 Å². The van der Waals surface area contributed by atoms with Gasteiger partial charge in [-0.25, -0.2) is 31.4 Å². The molecule has 10 heteroatoms. The van der Waals surface area contributed by atoms with Crippen molar-refractivity contribution >= 4 is 21.6 Å². The molecule has 0 atom stereocenters. The molecule has 0 saturated heterocycles. The molecule has 0 unspecified atom stereocenters. The van der Waals surface area contributed by atoms with E-state index in [4.69, 9.17) is 5.11 Å². The third kappa shape index (κ3) is 3.71. The number of aromatic nitrogens is 1. The van der Waals surface area contributed by atoms with Gasteiger partial charge in [0.2, 0.25) is 10.0 Å². The molecule has 1 aromatic carbocycles. The van der Waals surface area contributed by atoms with Gasteiger partial charge < -0.3 is 5.11 Å². The Morgan fingerprint density at radius 3 is 2.37 bits per heavy atom. The summed E-state index contributed by atoms with van der Waals surface area (Å²) in [6, 6.07) is 5.04. The quantitative estimate of drug-likeness (QED) is 0.856. The largest absolute Gasteiger partial charge is 0.477 e. The van der Waals surface area contributed by atoms with Crippen LogP contribution >= 0.6 is 0 Å². The average Bonchev–Trinajstić information content (AvgIpc) is 2.61. The van der Waals surface area contributed by atoms with Gasteiger partial charge in [-0.3, -0.25) is 0 Å². The summed E-state index contributed by atoms with van der Waals surface area (Å²) in [6.45, 7) is -0.281. The van der Waals surface area contributed by atoms with Gasteiger partial charge >= 0.3 is 5.97 Å². The van der Waals surface area contributed by atoms with E-state index in [1.165, 1.54) is 18.2 Å². The minimum absolute atomic E-state index is 0.0938. The summed E-state index contributed by atoms with van der Waals surface area (Å²) in [5.74, 6) is -5.41. The lowest BCUT2D eigenvalue weighted by atomic mass is 10.1. The van der Waals surface area contributed by atoms with Gasteiger partial charge in [-0.1, -0.05) is 12.1 Å². The molecule has 3 rings (SSSR count). The van der Waals surface area contributed by atoms with Crippen LogP contribution in [0.5, 0.6) is 0 Å². The maximum Gasteiger partial charge on any atom is 0.354 e. The van der Waals surface area contributed by atoms with Crippen molar-refractivity contribution in [2.75, 3.05) is 13.1 Å². The maximum atomic E-state index is 13.9. The first kappa shape index (κ1) is 19.1. The Morgan fingerprint density at radius 1 is 1.15 bits per heavy atom. The Kier molecular flexibility index (Phi) is 5.03. The number of aromatic carboxylic acids is 1. The highest BCUT2D eigenvalue weighted by Crippen LogP contribution is 2.28. The summed E-state index contributed by atoms with van der Waals surface area (Å²) < 4.78 is 66.6. The van der Waals surface area contributed by atoms with Crippen LogP contribution in [-0.2, 0) is 10.0 Å². The number of rotatable bonds is 4. The summed E-state index contributed by atoms with van der Waals surface area (Å²) in [6.07, 6.45) is 1.66. The van der Waals surface area contributed by atoms with Crippen LogP contribution in [0, 0.1) is 17.5 Å². The van der Waals surface area contributed by atoms with Crippen molar-refractivity contribution in [3.8, 4) is 0 Å². The Morgan fingerprint density at radius 2 is 1.81 bits per heavy atom. The Hall–Kier alpha value is -2.72. The second-order valence-corrected chi connectivity index (χ2v) is 7.63. The van der Waals surface area contributed by atoms with Gasteiger partial charge in [0.05, 0.1) is 5.69 Å². The minimum Gasteiger partial charge on any atom is -0.477 e. The molecule has 0 aliphatic carbocycles. The number of pyridine rings is 1. The van der Waals surface area contributed by atoms with Crippen LogP contribution in [-0.4, -0.2) is 41.9 Å². The second kappa shape index (κ2) is 7.12. The summed E-state index contributed by atoms with van der Waals surface area (Å²) in [4.78, 5) is 13.8. The molecule has 1 aliphatic heterocycles. The summed E-state index contributed by atoms with van der Waals surface area (Å²) in [5.41, 5.74) is 0.842. The second-order valence-electron chi connectivity index (χ2n) is 5.75. The van der Waals surface area contributed by atoms with Crippen molar-refractivity contribution in [3.63, 3.8) is 0 Å². The third-order valence-electron chi connectivity index (χ3n) is 4.03. The molecule has 0 bridgehead atoms. The highest BCUT2D eigenvalue weighted by atomic mass is 32.2. The van der Waals surface area contributed by atoms with Gasteiger partial charge in [0.25, 0.3) is 0 Å². The maximum absolute atomic E-state index is 13.9. The molecule has 0 amide bonds. The third-order valence-corrected chi connectivity index (χ3v) is 5.95. The minimum atomic E-state index is -4.51. The van der Waals surface area contributed by atoms with Crippen LogP contribution in [0.25, 0.3) is 5.57 Å². The predicted molar refractivity (Wildman–Crippen MR) is 88.9 cm³/mol. The lowest BCUT2D eigenvalue weighted by Gasteiger charge is -2.26. The average molecular weight is 398 g/mol. The fourth-order valence-corrected chi connectivity index (χ4v) is 4.21. The number of hydrogen-bond acceptors (Lipinski definition) is 4. The van der Waals surface area contributed by atoms with Gasteiger partial charge in [-0.15, -0.1) is 0 Å². The Bertz CT molecular complexity index is 1030. The van der Waals surface area contributed by atoms with Gasteiger partial charge in [-0.05, 0) is 24.1 Å². The van der Waals surface area contributed by atoms with Crippen molar-refractivity contribution in [1.82, 2.24) is 9.29 Å². The van der Waals surface area contributed by atoms with E-state index in [2.05, 4.69) is 4.98 Å². The number of halogens is 3. The zero-order valence-corrected chi connectivity index (χ0v) is 14.5. The SMILES string of the molecule is O=C(O)c1cccc(C2=CCN(S(=O)(=O)c3c(F)cc(F)cc3F)CC2)n1. The van der Waals surface area contributed by atoms with Crippen LogP contribution in [0.4, 0.5) is 13.2 Å². The molecular formula is C17H13F3N2O4S. The molecule has 6 nitrogen and oxygen atoms in total. The number of carboxylic acid groups (broad SMARTS) is 1. The van der Waals surface area contributed by atoms with E-state index in [0.29, 0.717) is 23.4 Å². The molecule has 27 heavy (non-hydrogen) atoms. The molecule has 0 spiro atoms. The van der Waals surface area contributed by atoms with E-state index >= 15 is 0 Å². The molecule has 0 saturated carbocycles. The Labute approximate surface area is 152 Å². The lowest BCUT2D eigenvalue weighted by molar-refractivity contribution is 0.0690. The highest BCUT2D eigenvalue weighted by Gasteiger charge is 2.32. The van der Waals surface area contributed by atoms with Gasteiger partial charge in [0.1, 0.15) is 23.1 Å². The van der Waals surface area contributed by atoms with Crippen LogP contribution in [0.2, 0.25) is 0 Å². The van der Waals surface area contributed by atoms with Crippen molar-refractivity contribution in [2.45, 2.75) is 11.3 Å². The van der Waals surface area contributed by atoms with Crippen molar-refractivity contribution in [3.05, 3.63) is 65.2 Å². The van der Waals surface area contributed by atoms with Crippen molar-refractivity contribution in [1.29, 1.82) is 0 Å². The highest BCUT2D eigenvalue weighted by molar-refractivity contribution is 7.89. The molecule has 0 fully saturated rings. The molecule has 1 aromatic heterocycles. The molecule has 1 N–H and O–H groups in total. The van der Waals surface area contributed by atoms with E-state index in [9.17, 15) is 26.4 Å². The van der Waals surface area contributed by atoms with E-state index in [1.807, 2.05) is 0 Å². The molecule has 1 aliphatic rings. The van der Waals surface area contributed by atoms with E-state index in [-0.39, 0.29) is 25.2 Å². The first-order valence-electron chi connectivity index (χ1n) is 7.74. The summed E-state index contributed by atoms with van der Waals surface area (Å²) >= 11 is 0. The number of hydrogen-bond donors (Lipinski definition) is 1. The monoisotopic (exact) mass is 398 g/mol. The Balaban J connectivity index is 1.88. The zero-order valence-electron chi connectivity index (χ0n) is 13.7. The molecule has 142 valence electrons. The fourth-order valence-electron chi connectivity index (χ4n) is 2.74. The first-order valence-corrected chi connectivity index (χ1v) is 9.18. The van der Waals surface area contributed by atoms with Crippen LogP contribution in [0.15, 0.2) is 41.3 Å². The summed E-state index contributed by atoms with van der Waals surface area (Å²) in [5, 5.41) is 8.99. The number of nitrogens with zero attached hydrogens (tertiary/aromatic N) is 2. The van der Waals surface area contributed by atoms with E-state index in [1.54, 1.807) is 6.07 Å². The number of carbonyl (C=O) groups is 1. The number of carboxylic acids is 1. The van der Waals surface area contributed by atoms with Crippen LogP contribution in [0.3, 0.4) is 0 Å². The van der Waals surface area contributed by atoms with E-state index in [0.717, 1.165) is 4.31 Å². The van der Waals surface area contributed by atoms with Gasteiger partial charge in [-0.2, -0.15) is 4.31 Å². The fraction of sp³-hybridized carbons (Fsp3) is 0.176. The van der Waals surface area contributed by atoms with Crippen molar-refractivity contribution < 1.29 is 31.5 Å². The van der Waals surface area contributed by atoms with Gasteiger partial charge in [0.15, 0.2) is 4.90 Å². The normalized spacial score (nSPS) is 15.4. The smallest absolute Gasteiger partial charge is 0.354 e. The number of benzene rings is 1. The summed E-state index contributed by atoms with van der Waals surface area (Å²) in [7, 11) is -4.51. The topological polar surface area (TPSA) is 87.6 Å². The molecule has 0 radical (unpaired) electrons. The molecular weight excluding hydrogens is 385 g/mol. The van der Waals surface area contributed by atoms with Gasteiger partial charge in [0, 0.05) is 25.2 Å². The predicted octanol–water partition coefficient (Wildman–Crippen LogP) is 2.68. The first-order chi connectivity index (χ1) is 12.7. The van der Waals surface area contributed by atoms with E-state index < -0.39 is 38.3 Å². The molecule has 2 aromatic rings. The molecule has 2 heterocycles.